The number of rotatable bonds is 2. The van der Waals surface area contributed by atoms with E-state index in [0.29, 0.717) is 5.56 Å². The van der Waals surface area contributed by atoms with Crippen LogP contribution in [0.15, 0.2) is 53.5 Å². The van der Waals surface area contributed by atoms with Gasteiger partial charge in [0.1, 0.15) is 0 Å². The molecule has 0 saturated carbocycles. The van der Waals surface area contributed by atoms with Crippen molar-refractivity contribution in [1.82, 2.24) is 4.57 Å². The van der Waals surface area contributed by atoms with Crippen molar-refractivity contribution in [2.24, 2.45) is 4.99 Å². The second-order valence-electron chi connectivity index (χ2n) is 4.49. The van der Waals surface area contributed by atoms with Crippen molar-refractivity contribution in [2.75, 3.05) is 0 Å². The summed E-state index contributed by atoms with van der Waals surface area (Å²) in [5, 5.41) is 0. The zero-order valence-electron chi connectivity index (χ0n) is 11.4. The summed E-state index contributed by atoms with van der Waals surface area (Å²) in [7, 11) is 0. The van der Waals surface area contributed by atoms with E-state index < -0.39 is 0 Å². The predicted molar refractivity (Wildman–Crippen MR) is 94.5 cm³/mol. The average molecular weight is 408 g/mol. The summed E-state index contributed by atoms with van der Waals surface area (Å²) in [5.41, 5.74) is 1.78. The van der Waals surface area contributed by atoms with Gasteiger partial charge in [-0.2, -0.15) is 4.99 Å². The van der Waals surface area contributed by atoms with Crippen LogP contribution in [0.25, 0.3) is 10.2 Å². The monoisotopic (exact) mass is 408 g/mol. The molecule has 3 rings (SSSR count). The predicted octanol–water partition coefficient (Wildman–Crippen LogP) is 4.07. The van der Waals surface area contributed by atoms with E-state index in [1.807, 2.05) is 36.4 Å². The summed E-state index contributed by atoms with van der Waals surface area (Å²) in [6.07, 6.45) is 0. The molecule has 0 bridgehead atoms. The number of carbonyl (C=O) groups is 1. The number of carbonyl (C=O) groups excluding carboxylic acids is 1. The van der Waals surface area contributed by atoms with E-state index in [9.17, 15) is 4.79 Å². The third-order valence-electron chi connectivity index (χ3n) is 3.21. The summed E-state index contributed by atoms with van der Waals surface area (Å²) in [6, 6.07) is 15.7. The third kappa shape index (κ3) is 2.80. The minimum atomic E-state index is -0.186. The van der Waals surface area contributed by atoms with Gasteiger partial charge in [0.15, 0.2) is 4.80 Å². The Morgan fingerprint density at radius 1 is 1.19 bits per heavy atom. The molecule has 0 aliphatic carbocycles. The number of thiazole rings is 1. The van der Waals surface area contributed by atoms with Gasteiger partial charge in [0.25, 0.3) is 5.91 Å². The number of nitrogens with zero attached hydrogens (tertiary/aromatic N) is 2. The van der Waals surface area contributed by atoms with Crippen LogP contribution in [0.1, 0.15) is 17.3 Å². The maximum absolute atomic E-state index is 12.4. The first kappa shape index (κ1) is 14.5. The first-order valence-electron chi connectivity index (χ1n) is 6.62. The number of benzene rings is 2. The van der Waals surface area contributed by atoms with Crippen molar-refractivity contribution in [3.63, 3.8) is 0 Å². The Morgan fingerprint density at radius 2 is 1.90 bits per heavy atom. The van der Waals surface area contributed by atoms with Crippen LogP contribution >= 0.6 is 33.9 Å². The zero-order chi connectivity index (χ0) is 14.8. The lowest BCUT2D eigenvalue weighted by atomic mass is 10.2. The Balaban J connectivity index is 2.16. The summed E-state index contributed by atoms with van der Waals surface area (Å²) in [5.74, 6) is -0.186. The SMILES string of the molecule is CCn1c(=NC(=O)c2ccccc2I)sc2ccccc21. The van der Waals surface area contributed by atoms with Crippen LogP contribution in [0.3, 0.4) is 0 Å². The normalized spacial score (nSPS) is 12.0. The Hall–Kier alpha value is -1.47. The molecular weight excluding hydrogens is 395 g/mol. The van der Waals surface area contributed by atoms with Crippen LogP contribution in [0.4, 0.5) is 0 Å². The molecule has 0 N–H and O–H groups in total. The molecule has 1 aromatic heterocycles. The molecule has 21 heavy (non-hydrogen) atoms. The van der Waals surface area contributed by atoms with Gasteiger partial charge in [-0.3, -0.25) is 4.79 Å². The smallest absolute Gasteiger partial charge is 0.280 e. The van der Waals surface area contributed by atoms with Crippen molar-refractivity contribution in [1.29, 1.82) is 0 Å². The molecule has 0 unspecified atom stereocenters. The van der Waals surface area contributed by atoms with Crippen molar-refractivity contribution in [3.05, 3.63) is 62.5 Å². The van der Waals surface area contributed by atoms with Gasteiger partial charge >= 0.3 is 0 Å². The molecule has 3 nitrogen and oxygen atoms in total. The van der Waals surface area contributed by atoms with Crippen molar-refractivity contribution >= 4 is 50.1 Å². The first-order valence-corrected chi connectivity index (χ1v) is 8.52. The van der Waals surface area contributed by atoms with Crippen LogP contribution in [0.2, 0.25) is 0 Å². The van der Waals surface area contributed by atoms with Crippen LogP contribution in [-0.4, -0.2) is 10.5 Å². The molecule has 3 aromatic rings. The van der Waals surface area contributed by atoms with Crippen LogP contribution < -0.4 is 4.80 Å². The summed E-state index contributed by atoms with van der Waals surface area (Å²) in [6.45, 7) is 2.86. The second-order valence-corrected chi connectivity index (χ2v) is 6.66. The van der Waals surface area contributed by atoms with Crippen molar-refractivity contribution < 1.29 is 4.79 Å². The Bertz CT molecular complexity index is 879. The van der Waals surface area contributed by atoms with E-state index in [-0.39, 0.29) is 5.91 Å². The van der Waals surface area contributed by atoms with E-state index >= 15 is 0 Å². The van der Waals surface area contributed by atoms with Gasteiger partial charge in [-0.25, -0.2) is 0 Å². The number of halogens is 1. The highest BCUT2D eigenvalue weighted by atomic mass is 127. The van der Waals surface area contributed by atoms with Gasteiger partial charge in [-0.15, -0.1) is 0 Å². The van der Waals surface area contributed by atoms with E-state index in [2.05, 4.69) is 51.2 Å². The number of para-hydroxylation sites is 1. The van der Waals surface area contributed by atoms with Gasteiger partial charge < -0.3 is 4.57 Å². The van der Waals surface area contributed by atoms with Gasteiger partial charge in [0.2, 0.25) is 0 Å². The lowest BCUT2D eigenvalue weighted by Gasteiger charge is -2.00. The number of amides is 1. The number of fused-ring (bicyclic) bond motifs is 1. The fourth-order valence-corrected chi connectivity index (χ4v) is 3.90. The maximum atomic E-state index is 12.4. The highest BCUT2D eigenvalue weighted by Gasteiger charge is 2.10. The molecule has 0 atom stereocenters. The Morgan fingerprint density at radius 3 is 2.67 bits per heavy atom. The molecule has 106 valence electrons. The molecule has 1 heterocycles. The molecule has 0 aliphatic rings. The molecule has 0 fully saturated rings. The highest BCUT2D eigenvalue weighted by Crippen LogP contribution is 2.17. The third-order valence-corrected chi connectivity index (χ3v) is 5.21. The number of aryl methyl sites for hydroxylation is 1. The first-order chi connectivity index (χ1) is 10.2. The average Bonchev–Trinajstić information content (AvgIpc) is 2.84. The van der Waals surface area contributed by atoms with Crippen LogP contribution in [0.5, 0.6) is 0 Å². The van der Waals surface area contributed by atoms with Gasteiger partial charge in [-0.1, -0.05) is 35.6 Å². The van der Waals surface area contributed by atoms with Crippen LogP contribution in [0, 0.1) is 3.57 Å². The van der Waals surface area contributed by atoms with Crippen LogP contribution in [-0.2, 0) is 6.54 Å². The quantitative estimate of drug-likeness (QED) is 0.589. The number of aromatic nitrogens is 1. The highest BCUT2D eigenvalue weighted by molar-refractivity contribution is 14.1. The van der Waals surface area contributed by atoms with Gasteiger partial charge in [0, 0.05) is 10.1 Å². The summed E-state index contributed by atoms with van der Waals surface area (Å²) in [4.78, 5) is 17.5. The molecule has 1 amide bonds. The number of hydrogen-bond donors (Lipinski definition) is 0. The van der Waals surface area contributed by atoms with E-state index in [4.69, 9.17) is 0 Å². The molecule has 0 aliphatic heterocycles. The summed E-state index contributed by atoms with van der Waals surface area (Å²) < 4.78 is 4.15. The number of hydrogen-bond acceptors (Lipinski definition) is 2. The molecule has 2 aromatic carbocycles. The second kappa shape index (κ2) is 6.11. The van der Waals surface area contributed by atoms with Gasteiger partial charge in [-0.05, 0) is 53.8 Å². The van der Waals surface area contributed by atoms with E-state index in [1.165, 1.54) is 0 Å². The lowest BCUT2D eigenvalue weighted by Crippen LogP contribution is -2.16. The van der Waals surface area contributed by atoms with Gasteiger partial charge in [0.05, 0.1) is 15.8 Å². The Kier molecular flexibility index (Phi) is 4.21. The molecule has 0 spiro atoms. The fraction of sp³-hybridized carbons (Fsp3) is 0.125. The Labute approximate surface area is 140 Å². The summed E-state index contributed by atoms with van der Waals surface area (Å²) >= 11 is 3.72. The van der Waals surface area contributed by atoms with Crippen molar-refractivity contribution in [2.45, 2.75) is 13.5 Å². The lowest BCUT2D eigenvalue weighted by molar-refractivity contribution is 0.0997. The largest absolute Gasteiger partial charge is 0.317 e. The molecule has 0 radical (unpaired) electrons. The van der Waals surface area contributed by atoms with Crippen molar-refractivity contribution in [3.8, 4) is 0 Å². The molecule has 5 heteroatoms. The minimum Gasteiger partial charge on any atom is -0.317 e. The standard InChI is InChI=1S/C16H13IN2OS/c1-2-19-13-9-5-6-10-14(13)21-16(19)18-15(20)11-7-3-4-8-12(11)17/h3-10H,2H2,1H3. The zero-order valence-corrected chi connectivity index (χ0v) is 14.4. The fourth-order valence-electron chi connectivity index (χ4n) is 2.19. The van der Waals surface area contributed by atoms with E-state index in [0.717, 1.165) is 25.1 Å². The van der Waals surface area contributed by atoms with E-state index in [1.54, 1.807) is 11.3 Å². The maximum Gasteiger partial charge on any atom is 0.280 e. The topological polar surface area (TPSA) is 34.4 Å². The minimum absolute atomic E-state index is 0.186. The molecular formula is C16H13IN2OS. The molecule has 0 saturated heterocycles.